The second-order valence-corrected chi connectivity index (χ2v) is 7.05. The van der Waals surface area contributed by atoms with Crippen LogP contribution >= 0.6 is 15.9 Å². The summed E-state index contributed by atoms with van der Waals surface area (Å²) in [5, 5.41) is 0. The highest BCUT2D eigenvalue weighted by atomic mass is 79.9. The second kappa shape index (κ2) is 4.68. The minimum absolute atomic E-state index is 0.0614. The Labute approximate surface area is 110 Å². The van der Waals surface area contributed by atoms with Crippen LogP contribution in [0.3, 0.4) is 0 Å². The third-order valence-corrected chi connectivity index (χ3v) is 5.41. The first-order valence-electron chi connectivity index (χ1n) is 5.25. The minimum Gasteiger partial charge on any atom is -0.372 e. The molecule has 0 aliphatic carbocycles. The van der Waals surface area contributed by atoms with E-state index < -0.39 is 10.0 Å². The molecule has 17 heavy (non-hydrogen) atoms. The SMILES string of the molecule is Cc1cc(S(=O)(=O)N(C)C[C@H]2CO2)ccc1Br. The predicted molar refractivity (Wildman–Crippen MR) is 68.4 cm³/mol. The Hall–Kier alpha value is -0.430. The molecule has 0 bridgehead atoms. The fraction of sp³-hybridized carbons (Fsp3) is 0.455. The molecule has 0 saturated carbocycles. The fourth-order valence-electron chi connectivity index (χ4n) is 1.52. The molecule has 94 valence electrons. The number of hydrogen-bond acceptors (Lipinski definition) is 3. The van der Waals surface area contributed by atoms with Gasteiger partial charge in [-0.1, -0.05) is 15.9 Å². The van der Waals surface area contributed by atoms with Crippen LogP contribution in [0, 0.1) is 6.92 Å². The van der Waals surface area contributed by atoms with Gasteiger partial charge in [0.2, 0.25) is 10.0 Å². The van der Waals surface area contributed by atoms with Crippen molar-refractivity contribution in [2.24, 2.45) is 0 Å². The zero-order valence-corrected chi connectivity index (χ0v) is 12.1. The fourth-order valence-corrected chi connectivity index (χ4v) is 3.05. The molecule has 1 fully saturated rings. The Balaban J connectivity index is 2.26. The number of benzene rings is 1. The topological polar surface area (TPSA) is 49.9 Å². The lowest BCUT2D eigenvalue weighted by Gasteiger charge is -2.16. The van der Waals surface area contributed by atoms with E-state index in [1.807, 2.05) is 6.92 Å². The summed E-state index contributed by atoms with van der Waals surface area (Å²) >= 11 is 3.35. The van der Waals surface area contributed by atoms with E-state index in [-0.39, 0.29) is 6.10 Å². The van der Waals surface area contributed by atoms with Gasteiger partial charge in [-0.15, -0.1) is 0 Å². The highest BCUT2D eigenvalue weighted by Crippen LogP contribution is 2.23. The summed E-state index contributed by atoms with van der Waals surface area (Å²) in [5.74, 6) is 0. The molecule has 4 nitrogen and oxygen atoms in total. The van der Waals surface area contributed by atoms with Crippen LogP contribution in [0.4, 0.5) is 0 Å². The summed E-state index contributed by atoms with van der Waals surface area (Å²) in [7, 11) is -1.82. The van der Waals surface area contributed by atoms with Crippen LogP contribution in [0.5, 0.6) is 0 Å². The average Bonchev–Trinajstić information content (AvgIpc) is 3.05. The summed E-state index contributed by atoms with van der Waals surface area (Å²) in [4.78, 5) is 0.321. The molecular weight excluding hydrogens is 306 g/mol. The molecular formula is C11H14BrNO3S. The number of halogens is 1. The minimum atomic E-state index is -3.40. The Kier molecular flexibility index (Phi) is 3.58. The smallest absolute Gasteiger partial charge is 0.242 e. The van der Waals surface area contributed by atoms with E-state index in [4.69, 9.17) is 4.74 Å². The van der Waals surface area contributed by atoms with E-state index >= 15 is 0 Å². The maximum atomic E-state index is 12.2. The van der Waals surface area contributed by atoms with Crippen molar-refractivity contribution in [3.8, 4) is 0 Å². The van der Waals surface area contributed by atoms with Gasteiger partial charge < -0.3 is 4.74 Å². The molecule has 0 unspecified atom stereocenters. The van der Waals surface area contributed by atoms with Crippen LogP contribution < -0.4 is 0 Å². The molecule has 1 aromatic rings. The maximum absolute atomic E-state index is 12.2. The van der Waals surface area contributed by atoms with E-state index in [0.29, 0.717) is 18.0 Å². The van der Waals surface area contributed by atoms with Crippen LogP contribution in [-0.4, -0.2) is 39.0 Å². The molecule has 0 N–H and O–H groups in total. The van der Waals surface area contributed by atoms with E-state index in [9.17, 15) is 8.42 Å². The molecule has 2 rings (SSSR count). The van der Waals surface area contributed by atoms with Gasteiger partial charge >= 0.3 is 0 Å². The molecule has 1 aromatic carbocycles. The number of aryl methyl sites for hydroxylation is 1. The van der Waals surface area contributed by atoms with E-state index in [1.165, 1.54) is 4.31 Å². The summed E-state index contributed by atoms with van der Waals surface area (Å²) in [6.07, 6.45) is 0.0614. The number of sulfonamides is 1. The summed E-state index contributed by atoms with van der Waals surface area (Å²) in [6, 6.07) is 5.03. The highest BCUT2D eigenvalue weighted by molar-refractivity contribution is 9.10. The monoisotopic (exact) mass is 319 g/mol. The molecule has 1 heterocycles. The Morgan fingerprint density at radius 1 is 1.53 bits per heavy atom. The molecule has 1 saturated heterocycles. The Bertz CT molecular complexity index is 526. The summed E-state index contributed by atoms with van der Waals surface area (Å²) in [6.45, 7) is 2.93. The average molecular weight is 320 g/mol. The molecule has 6 heteroatoms. The van der Waals surface area contributed by atoms with Gasteiger partial charge in [-0.25, -0.2) is 8.42 Å². The van der Waals surface area contributed by atoms with Gasteiger partial charge in [-0.05, 0) is 30.7 Å². The Morgan fingerprint density at radius 3 is 2.71 bits per heavy atom. The number of hydrogen-bond donors (Lipinski definition) is 0. The van der Waals surface area contributed by atoms with Crippen LogP contribution in [0.25, 0.3) is 0 Å². The zero-order chi connectivity index (χ0) is 12.6. The highest BCUT2D eigenvalue weighted by Gasteiger charge is 2.30. The van der Waals surface area contributed by atoms with E-state index in [2.05, 4.69) is 15.9 Å². The molecule has 1 aliphatic heterocycles. The molecule has 1 atom stereocenters. The van der Waals surface area contributed by atoms with Crippen LogP contribution in [0.15, 0.2) is 27.6 Å². The van der Waals surface area contributed by atoms with Crippen LogP contribution in [0.1, 0.15) is 5.56 Å². The van der Waals surface area contributed by atoms with Crippen molar-refractivity contribution in [1.82, 2.24) is 4.31 Å². The van der Waals surface area contributed by atoms with Crippen molar-refractivity contribution in [3.05, 3.63) is 28.2 Å². The molecule has 0 aromatic heterocycles. The van der Waals surface area contributed by atoms with E-state index in [1.54, 1.807) is 25.2 Å². The second-order valence-electron chi connectivity index (χ2n) is 4.15. The number of likely N-dealkylation sites (N-methyl/N-ethyl adjacent to an activating group) is 1. The van der Waals surface area contributed by atoms with Gasteiger partial charge in [0.05, 0.1) is 17.6 Å². The third-order valence-electron chi connectivity index (χ3n) is 2.70. The normalized spacial score (nSPS) is 19.6. The standard InChI is InChI=1S/C11H14BrNO3S/c1-8-5-10(3-4-11(8)12)17(14,15)13(2)6-9-7-16-9/h3-5,9H,6-7H2,1-2H3/t9-/m0/s1. The quantitative estimate of drug-likeness (QED) is 0.795. The van der Waals surface area contributed by atoms with Gasteiger partial charge in [0.25, 0.3) is 0 Å². The lowest BCUT2D eigenvalue weighted by atomic mass is 10.2. The largest absolute Gasteiger partial charge is 0.372 e. The predicted octanol–water partition coefficient (Wildman–Crippen LogP) is 1.78. The summed E-state index contributed by atoms with van der Waals surface area (Å²) < 4.78 is 31.7. The van der Waals surface area contributed by atoms with Crippen molar-refractivity contribution in [2.45, 2.75) is 17.9 Å². The zero-order valence-electron chi connectivity index (χ0n) is 9.68. The first-order chi connectivity index (χ1) is 7.91. The number of rotatable bonds is 4. The van der Waals surface area contributed by atoms with Crippen molar-refractivity contribution in [3.63, 3.8) is 0 Å². The maximum Gasteiger partial charge on any atom is 0.242 e. The Morgan fingerprint density at radius 2 is 2.18 bits per heavy atom. The van der Waals surface area contributed by atoms with Crippen molar-refractivity contribution < 1.29 is 13.2 Å². The lowest BCUT2D eigenvalue weighted by Crippen LogP contribution is -2.30. The number of epoxide rings is 1. The molecule has 1 aliphatic rings. The molecule has 0 spiro atoms. The van der Waals surface area contributed by atoms with Crippen molar-refractivity contribution >= 4 is 26.0 Å². The first-order valence-corrected chi connectivity index (χ1v) is 7.48. The van der Waals surface area contributed by atoms with Gasteiger partial charge in [-0.3, -0.25) is 0 Å². The number of ether oxygens (including phenoxy) is 1. The molecule has 0 amide bonds. The van der Waals surface area contributed by atoms with E-state index in [0.717, 1.165) is 10.0 Å². The van der Waals surface area contributed by atoms with Crippen LogP contribution in [0.2, 0.25) is 0 Å². The molecule has 0 radical (unpaired) electrons. The first kappa shape index (κ1) is 13.0. The van der Waals surface area contributed by atoms with Crippen molar-refractivity contribution in [2.75, 3.05) is 20.2 Å². The lowest BCUT2D eigenvalue weighted by molar-refractivity contribution is 0.359. The van der Waals surface area contributed by atoms with Gasteiger partial charge in [0.15, 0.2) is 0 Å². The summed E-state index contributed by atoms with van der Waals surface area (Å²) in [5.41, 5.74) is 0.905. The van der Waals surface area contributed by atoms with Gasteiger partial charge in [-0.2, -0.15) is 4.31 Å². The number of nitrogens with zero attached hydrogens (tertiary/aromatic N) is 1. The van der Waals surface area contributed by atoms with Crippen LogP contribution in [-0.2, 0) is 14.8 Å². The van der Waals surface area contributed by atoms with Gasteiger partial charge in [0, 0.05) is 18.1 Å². The third kappa shape index (κ3) is 2.88. The van der Waals surface area contributed by atoms with Gasteiger partial charge in [0.1, 0.15) is 0 Å². The van der Waals surface area contributed by atoms with Crippen molar-refractivity contribution in [1.29, 1.82) is 0 Å².